The van der Waals surface area contributed by atoms with E-state index in [1.807, 2.05) is 0 Å². The predicted molar refractivity (Wildman–Crippen MR) is 57.1 cm³/mol. The van der Waals surface area contributed by atoms with Crippen molar-refractivity contribution in [3.05, 3.63) is 0 Å². The van der Waals surface area contributed by atoms with Crippen molar-refractivity contribution in [1.29, 1.82) is 0 Å². The average molecular weight is 185 g/mol. The second-order valence-electron chi connectivity index (χ2n) is 4.85. The van der Waals surface area contributed by atoms with Gasteiger partial charge in [-0.25, -0.2) is 0 Å². The molecule has 1 rings (SSSR count). The number of rotatable bonds is 0. The zero-order chi connectivity index (χ0) is 9.90. The molecular weight excluding hydrogens is 162 g/mol. The van der Waals surface area contributed by atoms with Crippen LogP contribution in [0.3, 0.4) is 0 Å². The lowest BCUT2D eigenvalue weighted by Gasteiger charge is -2.30. The molecule has 0 saturated carbocycles. The van der Waals surface area contributed by atoms with Gasteiger partial charge < -0.3 is 15.1 Å². The van der Waals surface area contributed by atoms with Gasteiger partial charge in [-0.15, -0.1) is 0 Å². The van der Waals surface area contributed by atoms with Crippen LogP contribution < -0.4 is 5.32 Å². The van der Waals surface area contributed by atoms with E-state index in [2.05, 4.69) is 43.1 Å². The summed E-state index contributed by atoms with van der Waals surface area (Å²) in [5.41, 5.74) is 0.250. The van der Waals surface area contributed by atoms with E-state index in [0.717, 1.165) is 19.6 Å². The molecule has 1 heterocycles. The number of hydrogen-bond donors (Lipinski definition) is 1. The van der Waals surface area contributed by atoms with Crippen LogP contribution in [0.5, 0.6) is 0 Å². The zero-order valence-corrected chi connectivity index (χ0v) is 9.43. The summed E-state index contributed by atoms with van der Waals surface area (Å²) in [5, 5.41) is 3.58. The number of hydrogen-bond acceptors (Lipinski definition) is 3. The van der Waals surface area contributed by atoms with Gasteiger partial charge in [-0.05, 0) is 27.9 Å². The van der Waals surface area contributed by atoms with Gasteiger partial charge in [-0.2, -0.15) is 0 Å². The summed E-state index contributed by atoms with van der Waals surface area (Å²) in [4.78, 5) is 4.78. The van der Waals surface area contributed by atoms with E-state index in [-0.39, 0.29) is 5.54 Å². The molecule has 0 bridgehead atoms. The van der Waals surface area contributed by atoms with Crippen LogP contribution in [0.15, 0.2) is 0 Å². The van der Waals surface area contributed by atoms with Crippen molar-refractivity contribution in [2.24, 2.45) is 0 Å². The lowest BCUT2D eigenvalue weighted by atomic mass is 10.1. The molecule has 78 valence electrons. The lowest BCUT2D eigenvalue weighted by molar-refractivity contribution is 0.237. The Bertz CT molecular complexity index is 156. The molecule has 1 N–H and O–H groups in total. The smallest absolute Gasteiger partial charge is 0.0252 e. The predicted octanol–water partition coefficient (Wildman–Crippen LogP) is 0.232. The number of nitrogens with one attached hydrogen (secondary N) is 1. The van der Waals surface area contributed by atoms with Crippen LogP contribution >= 0.6 is 0 Å². The Hall–Kier alpha value is -0.120. The van der Waals surface area contributed by atoms with Gasteiger partial charge in [0, 0.05) is 38.3 Å². The molecule has 13 heavy (non-hydrogen) atoms. The second-order valence-corrected chi connectivity index (χ2v) is 4.85. The molecule has 0 aromatic carbocycles. The molecule has 0 amide bonds. The first-order valence-corrected chi connectivity index (χ1v) is 5.12. The molecule has 3 nitrogen and oxygen atoms in total. The van der Waals surface area contributed by atoms with Crippen LogP contribution in [0.4, 0.5) is 0 Å². The minimum absolute atomic E-state index is 0.250. The highest BCUT2D eigenvalue weighted by Gasteiger charge is 2.20. The Balaban J connectivity index is 2.50. The molecular formula is C10H23N3. The van der Waals surface area contributed by atoms with Gasteiger partial charge in [0.25, 0.3) is 0 Å². The van der Waals surface area contributed by atoms with Crippen LogP contribution in [-0.2, 0) is 0 Å². The first-order valence-electron chi connectivity index (χ1n) is 5.12. The summed E-state index contributed by atoms with van der Waals surface area (Å²) < 4.78 is 0. The summed E-state index contributed by atoms with van der Waals surface area (Å²) in [5.74, 6) is 0. The molecule has 0 radical (unpaired) electrons. The molecule has 1 saturated heterocycles. The summed E-state index contributed by atoms with van der Waals surface area (Å²) in [6.45, 7) is 10.3. The molecule has 3 heteroatoms. The third-order valence-corrected chi connectivity index (χ3v) is 2.63. The molecule has 1 aliphatic heterocycles. The Morgan fingerprint density at radius 1 is 1.00 bits per heavy atom. The van der Waals surface area contributed by atoms with Crippen LogP contribution in [0.2, 0.25) is 0 Å². The highest BCUT2D eigenvalue weighted by molar-refractivity contribution is 4.82. The summed E-state index contributed by atoms with van der Waals surface area (Å²) in [6, 6.07) is 0. The highest BCUT2D eigenvalue weighted by atomic mass is 15.2. The SMILES string of the molecule is CN1CCNC(C)(C)CN(C)CC1. The van der Waals surface area contributed by atoms with Crippen molar-refractivity contribution in [3.8, 4) is 0 Å². The van der Waals surface area contributed by atoms with Gasteiger partial charge in [0.2, 0.25) is 0 Å². The van der Waals surface area contributed by atoms with Crippen molar-refractivity contribution >= 4 is 0 Å². The average Bonchev–Trinajstić information content (AvgIpc) is 2.02. The summed E-state index contributed by atoms with van der Waals surface area (Å²) in [7, 11) is 4.39. The van der Waals surface area contributed by atoms with Gasteiger partial charge in [0.05, 0.1) is 0 Å². The van der Waals surface area contributed by atoms with E-state index >= 15 is 0 Å². The van der Waals surface area contributed by atoms with Gasteiger partial charge in [0.1, 0.15) is 0 Å². The number of nitrogens with zero attached hydrogens (tertiary/aromatic N) is 2. The fraction of sp³-hybridized carbons (Fsp3) is 1.00. The monoisotopic (exact) mass is 185 g/mol. The number of likely N-dealkylation sites (N-methyl/N-ethyl adjacent to an activating group) is 2. The van der Waals surface area contributed by atoms with Crippen molar-refractivity contribution in [3.63, 3.8) is 0 Å². The largest absolute Gasteiger partial charge is 0.309 e. The van der Waals surface area contributed by atoms with Crippen LogP contribution in [0.1, 0.15) is 13.8 Å². The molecule has 0 atom stereocenters. The van der Waals surface area contributed by atoms with Crippen molar-refractivity contribution in [2.75, 3.05) is 46.8 Å². The van der Waals surface area contributed by atoms with Gasteiger partial charge >= 0.3 is 0 Å². The molecule has 0 aliphatic carbocycles. The van der Waals surface area contributed by atoms with Gasteiger partial charge in [-0.1, -0.05) is 0 Å². The quantitative estimate of drug-likeness (QED) is 0.583. The molecule has 0 aromatic rings. The fourth-order valence-corrected chi connectivity index (χ4v) is 1.85. The van der Waals surface area contributed by atoms with E-state index in [4.69, 9.17) is 0 Å². The Morgan fingerprint density at radius 2 is 1.62 bits per heavy atom. The zero-order valence-electron chi connectivity index (χ0n) is 9.43. The maximum atomic E-state index is 3.58. The summed E-state index contributed by atoms with van der Waals surface area (Å²) >= 11 is 0. The van der Waals surface area contributed by atoms with E-state index < -0.39 is 0 Å². The summed E-state index contributed by atoms with van der Waals surface area (Å²) in [6.07, 6.45) is 0. The van der Waals surface area contributed by atoms with E-state index in [0.29, 0.717) is 0 Å². The third kappa shape index (κ3) is 4.07. The minimum atomic E-state index is 0.250. The Kier molecular flexibility index (Phi) is 3.71. The standard InChI is InChI=1S/C10H23N3/c1-10(2)9-13(4)8-7-12(3)6-5-11-10/h11H,5-9H2,1-4H3. The maximum Gasteiger partial charge on any atom is 0.0252 e. The highest BCUT2D eigenvalue weighted by Crippen LogP contribution is 2.05. The Morgan fingerprint density at radius 3 is 2.31 bits per heavy atom. The van der Waals surface area contributed by atoms with E-state index in [1.54, 1.807) is 0 Å². The second kappa shape index (κ2) is 4.40. The van der Waals surface area contributed by atoms with E-state index in [1.165, 1.54) is 13.1 Å². The Labute approximate surface area is 82.1 Å². The van der Waals surface area contributed by atoms with Gasteiger partial charge in [0.15, 0.2) is 0 Å². The topological polar surface area (TPSA) is 18.5 Å². The molecule has 0 spiro atoms. The lowest BCUT2D eigenvalue weighted by Crippen LogP contribution is -2.48. The van der Waals surface area contributed by atoms with Crippen LogP contribution in [0, 0.1) is 0 Å². The third-order valence-electron chi connectivity index (χ3n) is 2.63. The van der Waals surface area contributed by atoms with Gasteiger partial charge in [-0.3, -0.25) is 0 Å². The van der Waals surface area contributed by atoms with Crippen molar-refractivity contribution in [1.82, 2.24) is 15.1 Å². The first-order chi connectivity index (χ1) is 5.99. The minimum Gasteiger partial charge on any atom is -0.309 e. The van der Waals surface area contributed by atoms with Crippen molar-refractivity contribution < 1.29 is 0 Å². The normalized spacial score (nSPS) is 27.7. The van der Waals surface area contributed by atoms with E-state index in [9.17, 15) is 0 Å². The molecule has 1 fully saturated rings. The molecule has 1 aliphatic rings. The fourth-order valence-electron chi connectivity index (χ4n) is 1.85. The van der Waals surface area contributed by atoms with Crippen LogP contribution in [0.25, 0.3) is 0 Å². The maximum absolute atomic E-state index is 3.58. The first kappa shape index (κ1) is 11.0. The van der Waals surface area contributed by atoms with Crippen LogP contribution in [-0.4, -0.2) is 62.2 Å². The van der Waals surface area contributed by atoms with Crippen molar-refractivity contribution in [2.45, 2.75) is 19.4 Å². The molecule has 0 unspecified atom stereocenters. The molecule has 0 aromatic heterocycles.